The Balaban J connectivity index is 1.95. The lowest BCUT2D eigenvalue weighted by molar-refractivity contribution is -0.138. The average Bonchev–Trinajstić information content (AvgIpc) is 2.84. The molecule has 0 spiro atoms. The molecule has 0 atom stereocenters. The molecule has 1 amide bonds. The molecule has 4 heteroatoms. The first-order valence-corrected chi connectivity index (χ1v) is 6.68. The Labute approximate surface area is 117 Å². The summed E-state index contributed by atoms with van der Waals surface area (Å²) >= 11 is 0. The van der Waals surface area contributed by atoms with Gasteiger partial charge in [0.2, 0.25) is 6.29 Å². The molecule has 4 nitrogen and oxygen atoms in total. The first-order chi connectivity index (χ1) is 9.70. The average molecular weight is 268 g/mol. The molecule has 1 aromatic carbocycles. The second-order valence-electron chi connectivity index (χ2n) is 5.05. The third kappa shape index (κ3) is 2.03. The van der Waals surface area contributed by atoms with Crippen LogP contribution in [0.15, 0.2) is 36.5 Å². The summed E-state index contributed by atoms with van der Waals surface area (Å²) in [4.78, 5) is 23.4. The van der Waals surface area contributed by atoms with Crippen molar-refractivity contribution in [3.8, 4) is 0 Å². The molecule has 0 aliphatic carbocycles. The lowest BCUT2D eigenvalue weighted by Crippen LogP contribution is -2.35. The monoisotopic (exact) mass is 268 g/mol. The molecule has 0 bridgehead atoms. The predicted octanol–water partition coefficient (Wildman–Crippen LogP) is 1.99. The lowest BCUT2D eigenvalue weighted by atomic mass is 9.99. The summed E-state index contributed by atoms with van der Waals surface area (Å²) < 4.78 is 2.12. The summed E-state index contributed by atoms with van der Waals surface area (Å²) in [5, 5.41) is 1.23. The Hall–Kier alpha value is -2.36. The zero-order chi connectivity index (χ0) is 14.1. The lowest BCUT2D eigenvalue weighted by Gasteiger charge is -2.24. The van der Waals surface area contributed by atoms with Crippen LogP contribution in [0.3, 0.4) is 0 Å². The Morgan fingerprint density at radius 1 is 1.30 bits per heavy atom. The minimum Gasteiger partial charge on any atom is -0.350 e. The van der Waals surface area contributed by atoms with Crippen molar-refractivity contribution in [1.29, 1.82) is 0 Å². The highest BCUT2D eigenvalue weighted by molar-refractivity contribution is 6.23. The topological polar surface area (TPSA) is 42.3 Å². The van der Waals surface area contributed by atoms with Gasteiger partial charge in [0.1, 0.15) is 0 Å². The number of benzene rings is 1. The van der Waals surface area contributed by atoms with E-state index >= 15 is 0 Å². The van der Waals surface area contributed by atoms with Gasteiger partial charge in [-0.3, -0.25) is 9.59 Å². The zero-order valence-corrected chi connectivity index (χ0v) is 11.4. The predicted molar refractivity (Wildman–Crippen MR) is 78.2 cm³/mol. The first kappa shape index (κ1) is 12.7. The second-order valence-corrected chi connectivity index (χ2v) is 5.05. The van der Waals surface area contributed by atoms with E-state index in [9.17, 15) is 9.59 Å². The van der Waals surface area contributed by atoms with Crippen LogP contribution in [-0.4, -0.2) is 34.7 Å². The summed E-state index contributed by atoms with van der Waals surface area (Å²) in [6, 6.07) is 8.29. The molecule has 102 valence electrons. The van der Waals surface area contributed by atoms with E-state index in [1.807, 2.05) is 25.3 Å². The van der Waals surface area contributed by atoms with E-state index in [1.54, 1.807) is 4.90 Å². The summed E-state index contributed by atoms with van der Waals surface area (Å²) in [6.45, 7) is 1.11. The standard InChI is InChI=1S/C16H16N2O2/c1-17-10-14(13-4-2-3-5-15(13)17)12-6-8-18(9-7-12)16(20)11-19/h2-6,10-11H,7-9H2,1H3. The van der Waals surface area contributed by atoms with Crippen molar-refractivity contribution in [2.45, 2.75) is 6.42 Å². The summed E-state index contributed by atoms with van der Waals surface area (Å²) in [5.41, 5.74) is 3.67. The van der Waals surface area contributed by atoms with Crippen molar-refractivity contribution in [2.75, 3.05) is 13.1 Å². The van der Waals surface area contributed by atoms with Gasteiger partial charge in [-0.1, -0.05) is 24.3 Å². The van der Waals surface area contributed by atoms with Gasteiger partial charge in [0.15, 0.2) is 0 Å². The first-order valence-electron chi connectivity index (χ1n) is 6.68. The van der Waals surface area contributed by atoms with Gasteiger partial charge in [-0.15, -0.1) is 0 Å². The third-order valence-electron chi connectivity index (χ3n) is 3.86. The molecule has 0 fully saturated rings. The Kier molecular flexibility index (Phi) is 3.14. The van der Waals surface area contributed by atoms with Crippen LogP contribution in [0.25, 0.3) is 16.5 Å². The number of carbonyl (C=O) groups is 2. The van der Waals surface area contributed by atoms with Crippen molar-refractivity contribution < 1.29 is 9.59 Å². The third-order valence-corrected chi connectivity index (χ3v) is 3.86. The number of hydrogen-bond acceptors (Lipinski definition) is 2. The fourth-order valence-corrected chi connectivity index (χ4v) is 2.79. The largest absolute Gasteiger partial charge is 0.350 e. The molecule has 1 aliphatic rings. The van der Waals surface area contributed by atoms with Gasteiger partial charge in [0, 0.05) is 42.8 Å². The number of carbonyl (C=O) groups excluding carboxylic acids is 2. The number of amides is 1. The van der Waals surface area contributed by atoms with E-state index in [2.05, 4.69) is 22.9 Å². The van der Waals surface area contributed by atoms with Crippen LogP contribution >= 0.6 is 0 Å². The Morgan fingerprint density at radius 3 is 2.80 bits per heavy atom. The van der Waals surface area contributed by atoms with Crippen LogP contribution in [0.5, 0.6) is 0 Å². The highest BCUT2D eigenvalue weighted by Gasteiger charge is 2.19. The van der Waals surface area contributed by atoms with Crippen LogP contribution in [0.1, 0.15) is 12.0 Å². The van der Waals surface area contributed by atoms with E-state index in [0.717, 1.165) is 6.42 Å². The number of para-hydroxylation sites is 1. The van der Waals surface area contributed by atoms with Crippen LogP contribution < -0.4 is 0 Å². The molecule has 0 saturated heterocycles. The van der Waals surface area contributed by atoms with Crippen molar-refractivity contribution in [3.63, 3.8) is 0 Å². The van der Waals surface area contributed by atoms with Gasteiger partial charge in [0.25, 0.3) is 5.91 Å². The minimum absolute atomic E-state index is 0.386. The quantitative estimate of drug-likeness (QED) is 0.617. The molecule has 20 heavy (non-hydrogen) atoms. The maximum Gasteiger partial charge on any atom is 0.286 e. The fraction of sp³-hybridized carbons (Fsp3) is 0.250. The molecule has 0 radical (unpaired) electrons. The molecule has 0 saturated carbocycles. The minimum atomic E-state index is -0.432. The number of hydrogen-bond donors (Lipinski definition) is 0. The van der Waals surface area contributed by atoms with Gasteiger partial charge >= 0.3 is 0 Å². The van der Waals surface area contributed by atoms with Crippen molar-refractivity contribution in [3.05, 3.63) is 42.1 Å². The van der Waals surface area contributed by atoms with Crippen LogP contribution in [0.2, 0.25) is 0 Å². The SMILES string of the molecule is Cn1cc(C2=CCN(C(=O)C=O)CC2)c2ccccc21. The van der Waals surface area contributed by atoms with Gasteiger partial charge in [-0.05, 0) is 18.1 Å². The molecule has 0 N–H and O–H groups in total. The number of aryl methyl sites for hydroxylation is 1. The fourth-order valence-electron chi connectivity index (χ4n) is 2.79. The maximum absolute atomic E-state index is 11.4. The molecule has 3 rings (SSSR count). The smallest absolute Gasteiger partial charge is 0.286 e. The molecule has 2 heterocycles. The number of fused-ring (bicyclic) bond motifs is 1. The summed E-state index contributed by atoms with van der Waals surface area (Å²) in [5.74, 6) is -0.432. The molecule has 1 aromatic heterocycles. The highest BCUT2D eigenvalue weighted by atomic mass is 16.2. The zero-order valence-electron chi connectivity index (χ0n) is 11.4. The van der Waals surface area contributed by atoms with Gasteiger partial charge in [0.05, 0.1) is 0 Å². The Bertz CT molecular complexity index is 712. The molecule has 2 aromatic rings. The van der Waals surface area contributed by atoms with Crippen molar-refractivity contribution in [2.24, 2.45) is 7.05 Å². The normalized spacial score (nSPS) is 15.2. The van der Waals surface area contributed by atoms with Crippen LogP contribution in [-0.2, 0) is 16.6 Å². The summed E-state index contributed by atoms with van der Waals surface area (Å²) in [6.07, 6.45) is 5.35. The van der Waals surface area contributed by atoms with E-state index < -0.39 is 5.91 Å². The second kappa shape index (κ2) is 4.96. The number of nitrogens with zero attached hydrogens (tertiary/aromatic N) is 2. The van der Waals surface area contributed by atoms with E-state index in [4.69, 9.17) is 0 Å². The number of rotatable bonds is 2. The van der Waals surface area contributed by atoms with E-state index in [0.29, 0.717) is 19.4 Å². The van der Waals surface area contributed by atoms with Crippen LogP contribution in [0, 0.1) is 0 Å². The van der Waals surface area contributed by atoms with Gasteiger partial charge < -0.3 is 9.47 Å². The summed E-state index contributed by atoms with van der Waals surface area (Å²) in [7, 11) is 2.04. The molecule has 0 unspecified atom stereocenters. The highest BCUT2D eigenvalue weighted by Crippen LogP contribution is 2.30. The molecular weight excluding hydrogens is 252 g/mol. The van der Waals surface area contributed by atoms with Crippen molar-refractivity contribution in [1.82, 2.24) is 9.47 Å². The maximum atomic E-state index is 11.4. The Morgan fingerprint density at radius 2 is 2.10 bits per heavy atom. The van der Waals surface area contributed by atoms with Crippen molar-refractivity contribution >= 4 is 28.7 Å². The molecule has 1 aliphatic heterocycles. The molecular formula is C16H16N2O2. The van der Waals surface area contributed by atoms with Gasteiger partial charge in [-0.25, -0.2) is 0 Å². The van der Waals surface area contributed by atoms with Gasteiger partial charge in [-0.2, -0.15) is 0 Å². The van der Waals surface area contributed by atoms with E-state index in [-0.39, 0.29) is 0 Å². The number of aromatic nitrogens is 1. The number of aldehydes is 1. The van der Waals surface area contributed by atoms with Crippen LogP contribution in [0.4, 0.5) is 0 Å². The van der Waals surface area contributed by atoms with E-state index in [1.165, 1.54) is 22.0 Å².